The molecule has 0 saturated carbocycles. The van der Waals surface area contributed by atoms with Crippen molar-refractivity contribution in [1.29, 1.82) is 0 Å². The van der Waals surface area contributed by atoms with Crippen LogP contribution in [0, 0.1) is 6.92 Å². The zero-order valence-corrected chi connectivity index (χ0v) is 20.3. The number of benzene rings is 2. The van der Waals surface area contributed by atoms with Crippen molar-refractivity contribution in [3.8, 4) is 11.3 Å². The number of aryl methyl sites for hydroxylation is 1. The average Bonchev–Trinajstić information content (AvgIpc) is 2.79. The maximum atomic E-state index is 5.01. The number of anilines is 2. The molecule has 3 aromatic rings. The van der Waals surface area contributed by atoms with Gasteiger partial charge in [0.1, 0.15) is 0 Å². The summed E-state index contributed by atoms with van der Waals surface area (Å²) in [6, 6.07) is 17.4. The Bertz CT molecular complexity index is 1120. The lowest BCUT2D eigenvalue weighted by Gasteiger charge is -2.38. The van der Waals surface area contributed by atoms with Gasteiger partial charge < -0.3 is 10.2 Å². The molecule has 1 atom stereocenters. The molecule has 0 radical (unpaired) electrons. The van der Waals surface area contributed by atoms with Crippen LogP contribution in [0.15, 0.2) is 54.7 Å². The maximum Gasteiger partial charge on any atom is 0.225 e. The van der Waals surface area contributed by atoms with Gasteiger partial charge in [0.15, 0.2) is 0 Å². The first-order chi connectivity index (χ1) is 15.9. The summed E-state index contributed by atoms with van der Waals surface area (Å²) in [5.74, 6) is 1.37. The molecule has 3 heterocycles. The fourth-order valence-electron chi connectivity index (χ4n) is 5.41. The zero-order valence-electron chi connectivity index (χ0n) is 20.3. The zero-order chi connectivity index (χ0) is 23.0. The second-order valence-corrected chi connectivity index (χ2v) is 10.4. The Morgan fingerprint density at radius 1 is 1.03 bits per heavy atom. The van der Waals surface area contributed by atoms with E-state index in [9.17, 15) is 0 Å². The van der Waals surface area contributed by atoms with Crippen LogP contribution in [0.3, 0.4) is 0 Å². The lowest BCUT2D eigenvalue weighted by molar-refractivity contribution is 0.248. The summed E-state index contributed by atoms with van der Waals surface area (Å²) < 4.78 is 0. The molecule has 5 nitrogen and oxygen atoms in total. The van der Waals surface area contributed by atoms with Gasteiger partial charge in [-0.15, -0.1) is 0 Å². The van der Waals surface area contributed by atoms with E-state index >= 15 is 0 Å². The smallest absolute Gasteiger partial charge is 0.225 e. The summed E-state index contributed by atoms with van der Waals surface area (Å²) in [5, 5.41) is 3.73. The van der Waals surface area contributed by atoms with Gasteiger partial charge in [-0.25, -0.2) is 9.97 Å². The van der Waals surface area contributed by atoms with Crippen molar-refractivity contribution < 1.29 is 0 Å². The van der Waals surface area contributed by atoms with Gasteiger partial charge in [-0.2, -0.15) is 0 Å². The molecule has 5 heteroatoms. The summed E-state index contributed by atoms with van der Waals surface area (Å²) in [5.41, 5.74) is 7.65. The number of hydrogen-bond donors (Lipinski definition) is 1. The molecule has 172 valence electrons. The minimum atomic E-state index is 0.130. The van der Waals surface area contributed by atoms with Crippen LogP contribution >= 0.6 is 0 Å². The van der Waals surface area contributed by atoms with Crippen LogP contribution in [0.5, 0.6) is 0 Å². The molecule has 1 unspecified atom stereocenters. The molecule has 0 amide bonds. The Hall–Kier alpha value is -2.92. The maximum absolute atomic E-state index is 5.01. The summed E-state index contributed by atoms with van der Waals surface area (Å²) >= 11 is 0. The molecule has 33 heavy (non-hydrogen) atoms. The SMILES string of the molecule is Cc1cc2c(cc1-c1ccnc(N3CCN(Cc4ccccc4)CC3)n1)C(C)CC(C)(C)N2. The topological polar surface area (TPSA) is 44.3 Å². The van der Waals surface area contributed by atoms with Gasteiger partial charge >= 0.3 is 0 Å². The Balaban J connectivity index is 1.33. The minimum absolute atomic E-state index is 0.130. The highest BCUT2D eigenvalue weighted by Crippen LogP contribution is 2.41. The van der Waals surface area contributed by atoms with Crippen LogP contribution < -0.4 is 10.2 Å². The number of aromatic nitrogens is 2. The molecule has 1 fully saturated rings. The van der Waals surface area contributed by atoms with Gasteiger partial charge in [0.2, 0.25) is 5.95 Å². The second kappa shape index (κ2) is 8.79. The molecule has 1 N–H and O–H groups in total. The van der Waals surface area contributed by atoms with Crippen molar-refractivity contribution in [3.05, 3.63) is 71.4 Å². The molecule has 1 aromatic heterocycles. The minimum Gasteiger partial charge on any atom is -0.380 e. The quantitative estimate of drug-likeness (QED) is 0.581. The van der Waals surface area contributed by atoms with E-state index in [1.807, 2.05) is 6.20 Å². The van der Waals surface area contributed by atoms with E-state index in [0.717, 1.165) is 50.8 Å². The largest absolute Gasteiger partial charge is 0.380 e. The fourth-order valence-corrected chi connectivity index (χ4v) is 5.41. The molecule has 2 aliphatic rings. The Kier molecular flexibility index (Phi) is 5.83. The predicted octanol–water partition coefficient (Wildman–Crippen LogP) is 5.47. The van der Waals surface area contributed by atoms with E-state index < -0.39 is 0 Å². The Morgan fingerprint density at radius 2 is 1.79 bits per heavy atom. The van der Waals surface area contributed by atoms with Gasteiger partial charge in [0.05, 0.1) is 5.69 Å². The second-order valence-electron chi connectivity index (χ2n) is 10.4. The fraction of sp³-hybridized carbons (Fsp3) is 0.429. The van der Waals surface area contributed by atoms with Crippen molar-refractivity contribution in [2.45, 2.75) is 52.1 Å². The van der Waals surface area contributed by atoms with E-state index in [-0.39, 0.29) is 5.54 Å². The molecule has 0 spiro atoms. The van der Waals surface area contributed by atoms with Crippen LogP contribution in [-0.2, 0) is 6.54 Å². The first-order valence-electron chi connectivity index (χ1n) is 12.2. The molecular weight excluding hydrogens is 406 g/mol. The number of rotatable bonds is 4. The lowest BCUT2D eigenvalue weighted by atomic mass is 9.80. The van der Waals surface area contributed by atoms with Crippen molar-refractivity contribution in [2.75, 3.05) is 36.4 Å². The van der Waals surface area contributed by atoms with Gasteiger partial charge in [-0.05, 0) is 68.0 Å². The highest BCUT2D eigenvalue weighted by molar-refractivity contribution is 5.72. The first kappa shape index (κ1) is 21.9. The number of piperazine rings is 1. The lowest BCUT2D eigenvalue weighted by Crippen LogP contribution is -2.46. The van der Waals surface area contributed by atoms with Crippen LogP contribution in [0.4, 0.5) is 11.6 Å². The van der Waals surface area contributed by atoms with E-state index in [2.05, 4.69) is 96.3 Å². The third-order valence-electron chi connectivity index (χ3n) is 7.04. The third kappa shape index (κ3) is 4.74. The molecule has 0 aliphatic carbocycles. The van der Waals surface area contributed by atoms with Gasteiger partial charge in [0.25, 0.3) is 0 Å². The number of nitrogens with zero attached hydrogens (tertiary/aromatic N) is 4. The van der Waals surface area contributed by atoms with E-state index in [1.54, 1.807) is 0 Å². The summed E-state index contributed by atoms with van der Waals surface area (Å²) in [6.45, 7) is 14.1. The third-order valence-corrected chi connectivity index (χ3v) is 7.04. The standard InChI is InChI=1S/C28H35N5/c1-20-16-26-24(21(2)18-28(3,4)31-26)17-23(20)25-10-11-29-27(30-25)33-14-12-32(13-15-33)19-22-8-6-5-7-9-22/h5-11,16-17,21,31H,12-15,18-19H2,1-4H3. The van der Waals surface area contributed by atoms with Crippen LogP contribution in [0.2, 0.25) is 0 Å². The summed E-state index contributed by atoms with van der Waals surface area (Å²) in [6.07, 6.45) is 3.04. The number of hydrogen-bond acceptors (Lipinski definition) is 5. The van der Waals surface area contributed by atoms with Crippen molar-refractivity contribution >= 4 is 11.6 Å². The van der Waals surface area contributed by atoms with E-state index in [4.69, 9.17) is 4.98 Å². The van der Waals surface area contributed by atoms with Crippen LogP contribution in [0.1, 0.15) is 49.8 Å². The summed E-state index contributed by atoms with van der Waals surface area (Å²) in [4.78, 5) is 14.5. The van der Waals surface area contributed by atoms with Crippen LogP contribution in [-0.4, -0.2) is 46.6 Å². The Morgan fingerprint density at radius 3 is 2.55 bits per heavy atom. The molecular formula is C28H35N5. The highest BCUT2D eigenvalue weighted by atomic mass is 15.3. The monoisotopic (exact) mass is 441 g/mol. The van der Waals surface area contributed by atoms with Gasteiger partial charge in [0, 0.05) is 55.7 Å². The van der Waals surface area contributed by atoms with Gasteiger partial charge in [-0.3, -0.25) is 4.90 Å². The average molecular weight is 442 g/mol. The van der Waals surface area contributed by atoms with Crippen molar-refractivity contribution in [3.63, 3.8) is 0 Å². The Labute approximate surface area is 197 Å². The van der Waals surface area contributed by atoms with Crippen molar-refractivity contribution in [1.82, 2.24) is 14.9 Å². The van der Waals surface area contributed by atoms with E-state index in [1.165, 1.54) is 27.9 Å². The normalized spacial score (nSPS) is 20.2. The highest BCUT2D eigenvalue weighted by Gasteiger charge is 2.30. The molecule has 1 saturated heterocycles. The number of nitrogens with one attached hydrogen (secondary N) is 1. The van der Waals surface area contributed by atoms with Gasteiger partial charge in [-0.1, -0.05) is 37.3 Å². The summed E-state index contributed by atoms with van der Waals surface area (Å²) in [7, 11) is 0. The molecule has 2 aromatic carbocycles. The van der Waals surface area contributed by atoms with Crippen molar-refractivity contribution in [2.24, 2.45) is 0 Å². The molecule has 2 aliphatic heterocycles. The van der Waals surface area contributed by atoms with Crippen LogP contribution in [0.25, 0.3) is 11.3 Å². The van der Waals surface area contributed by atoms with E-state index in [0.29, 0.717) is 5.92 Å². The molecule has 0 bridgehead atoms. The molecule has 5 rings (SSSR count). The predicted molar refractivity (Wildman–Crippen MR) is 137 cm³/mol. The first-order valence-corrected chi connectivity index (χ1v) is 12.2. The number of fused-ring (bicyclic) bond motifs is 1.